The lowest BCUT2D eigenvalue weighted by molar-refractivity contribution is 0.0949. The molecule has 2 aliphatic heterocycles. The van der Waals surface area contributed by atoms with Crippen LogP contribution in [0.1, 0.15) is 38.4 Å². The van der Waals surface area contributed by atoms with Crippen LogP contribution in [-0.2, 0) is 6.54 Å². The number of fused-ring (bicyclic) bond motifs is 2. The summed E-state index contributed by atoms with van der Waals surface area (Å²) in [6, 6.07) is 21.3. The lowest BCUT2D eigenvalue weighted by Crippen LogP contribution is -2.28. The standard InChI is InChI=1S/C29H26N4O3S2/c34-27(19-9-12-26-24(14-19)33-28(35)23-5-1-2-6-25(23)38-26)31-15-22-16-32-29(37-22)18-7-10-21(11-8-18)36-17-20-4-3-13-30-20/h1-2,5-12,14,16,20,30H,3-4,13,15,17H2,(H,31,34)(H,33,35)/t20-/m1/s1. The Kier molecular flexibility index (Phi) is 7.13. The number of ether oxygens (including phenoxy) is 1. The molecule has 1 fully saturated rings. The van der Waals surface area contributed by atoms with Crippen molar-refractivity contribution in [2.75, 3.05) is 18.5 Å². The van der Waals surface area contributed by atoms with E-state index in [1.165, 1.54) is 18.2 Å². The van der Waals surface area contributed by atoms with Crippen LogP contribution in [0.4, 0.5) is 5.69 Å². The predicted molar refractivity (Wildman–Crippen MR) is 150 cm³/mol. The van der Waals surface area contributed by atoms with Gasteiger partial charge in [0.25, 0.3) is 11.8 Å². The molecule has 0 radical (unpaired) electrons. The number of carbonyl (C=O) groups is 2. The third-order valence-electron chi connectivity index (χ3n) is 6.53. The molecule has 7 nitrogen and oxygen atoms in total. The molecule has 6 rings (SSSR count). The zero-order chi connectivity index (χ0) is 25.9. The van der Waals surface area contributed by atoms with Gasteiger partial charge in [0.05, 0.1) is 17.8 Å². The van der Waals surface area contributed by atoms with E-state index in [2.05, 4.69) is 20.9 Å². The summed E-state index contributed by atoms with van der Waals surface area (Å²) in [6.45, 7) is 2.12. The Labute approximate surface area is 229 Å². The van der Waals surface area contributed by atoms with Crippen LogP contribution >= 0.6 is 23.1 Å². The Balaban J connectivity index is 1.06. The zero-order valence-corrected chi connectivity index (χ0v) is 22.2. The Morgan fingerprint density at radius 3 is 2.79 bits per heavy atom. The summed E-state index contributed by atoms with van der Waals surface area (Å²) in [4.78, 5) is 32.8. The van der Waals surface area contributed by atoms with Crippen molar-refractivity contribution in [3.63, 3.8) is 0 Å². The molecule has 192 valence electrons. The molecule has 0 saturated carbocycles. The van der Waals surface area contributed by atoms with E-state index >= 15 is 0 Å². The summed E-state index contributed by atoms with van der Waals surface area (Å²) < 4.78 is 5.91. The number of carbonyl (C=O) groups excluding carboxylic acids is 2. The van der Waals surface area contributed by atoms with E-state index < -0.39 is 0 Å². The third-order valence-corrected chi connectivity index (χ3v) is 8.73. The van der Waals surface area contributed by atoms with Crippen molar-refractivity contribution in [1.29, 1.82) is 0 Å². The molecule has 0 unspecified atom stereocenters. The number of aromatic nitrogens is 1. The number of nitrogens with one attached hydrogen (secondary N) is 3. The number of anilines is 1. The molecule has 4 aromatic rings. The summed E-state index contributed by atoms with van der Waals surface area (Å²) in [7, 11) is 0. The first-order valence-corrected chi connectivity index (χ1v) is 14.2. The largest absolute Gasteiger partial charge is 0.492 e. The molecule has 0 spiro atoms. The van der Waals surface area contributed by atoms with Gasteiger partial charge in [-0.2, -0.15) is 0 Å². The number of nitrogens with zero attached hydrogens (tertiary/aromatic N) is 1. The average molecular weight is 543 g/mol. The van der Waals surface area contributed by atoms with Crippen molar-refractivity contribution >= 4 is 40.6 Å². The number of thiazole rings is 1. The number of benzene rings is 3. The van der Waals surface area contributed by atoms with Gasteiger partial charge in [-0.15, -0.1) is 11.3 Å². The smallest absolute Gasteiger partial charge is 0.256 e. The maximum Gasteiger partial charge on any atom is 0.256 e. The Morgan fingerprint density at radius 2 is 1.95 bits per heavy atom. The average Bonchev–Trinajstić information content (AvgIpc) is 3.62. The number of hydrogen-bond donors (Lipinski definition) is 3. The van der Waals surface area contributed by atoms with E-state index in [1.807, 2.05) is 48.5 Å². The lowest BCUT2D eigenvalue weighted by Gasteiger charge is -2.12. The third kappa shape index (κ3) is 5.45. The van der Waals surface area contributed by atoms with Gasteiger partial charge in [-0.1, -0.05) is 23.9 Å². The van der Waals surface area contributed by atoms with Crippen LogP contribution in [0.2, 0.25) is 0 Å². The monoisotopic (exact) mass is 542 g/mol. The molecule has 0 aliphatic carbocycles. The van der Waals surface area contributed by atoms with Crippen LogP contribution < -0.4 is 20.7 Å². The topological polar surface area (TPSA) is 92.3 Å². The summed E-state index contributed by atoms with van der Waals surface area (Å²) in [5.41, 5.74) is 2.77. The number of hydrogen-bond acceptors (Lipinski definition) is 7. The molecule has 1 saturated heterocycles. The SMILES string of the molecule is O=C(NCc1cnc(-c2ccc(OC[C@H]3CCCN3)cc2)s1)c1ccc2c(c1)NC(=O)c1ccccc1S2. The molecule has 2 amide bonds. The maximum atomic E-state index is 12.9. The van der Waals surface area contributed by atoms with E-state index in [4.69, 9.17) is 4.74 Å². The second-order valence-electron chi connectivity index (χ2n) is 9.21. The van der Waals surface area contributed by atoms with Crippen molar-refractivity contribution in [2.45, 2.75) is 35.2 Å². The molecular weight excluding hydrogens is 516 g/mol. The van der Waals surface area contributed by atoms with Gasteiger partial charge >= 0.3 is 0 Å². The number of amides is 2. The minimum Gasteiger partial charge on any atom is -0.492 e. The van der Waals surface area contributed by atoms with Crippen molar-refractivity contribution in [1.82, 2.24) is 15.6 Å². The number of rotatable bonds is 7. The zero-order valence-electron chi connectivity index (χ0n) is 20.5. The Bertz CT molecular complexity index is 1480. The fourth-order valence-corrected chi connectivity index (χ4v) is 6.36. The van der Waals surface area contributed by atoms with Crippen LogP contribution in [0.5, 0.6) is 5.75 Å². The highest BCUT2D eigenvalue weighted by Crippen LogP contribution is 2.39. The summed E-state index contributed by atoms with van der Waals surface area (Å²) in [5.74, 6) is 0.472. The molecule has 3 N–H and O–H groups in total. The fraction of sp³-hybridized carbons (Fsp3) is 0.207. The van der Waals surface area contributed by atoms with Gasteiger partial charge in [0.2, 0.25) is 0 Å². The van der Waals surface area contributed by atoms with Crippen LogP contribution in [0.3, 0.4) is 0 Å². The Hall–Kier alpha value is -3.66. The highest BCUT2D eigenvalue weighted by atomic mass is 32.2. The van der Waals surface area contributed by atoms with Gasteiger partial charge in [-0.25, -0.2) is 4.98 Å². The van der Waals surface area contributed by atoms with Crippen LogP contribution in [-0.4, -0.2) is 36.0 Å². The first-order valence-electron chi connectivity index (χ1n) is 12.5. The van der Waals surface area contributed by atoms with E-state index in [0.29, 0.717) is 36.0 Å². The highest BCUT2D eigenvalue weighted by molar-refractivity contribution is 7.99. The van der Waals surface area contributed by atoms with E-state index in [1.54, 1.807) is 35.7 Å². The Morgan fingerprint density at radius 1 is 1.08 bits per heavy atom. The second kappa shape index (κ2) is 11.0. The molecule has 3 aromatic carbocycles. The second-order valence-corrected chi connectivity index (χ2v) is 11.4. The van der Waals surface area contributed by atoms with E-state index in [0.717, 1.165) is 44.0 Å². The quantitative estimate of drug-likeness (QED) is 0.282. The highest BCUT2D eigenvalue weighted by Gasteiger charge is 2.21. The molecule has 38 heavy (non-hydrogen) atoms. The summed E-state index contributed by atoms with van der Waals surface area (Å²) in [5, 5.41) is 10.2. The molecule has 2 aliphatic rings. The first-order chi connectivity index (χ1) is 18.6. The van der Waals surface area contributed by atoms with Gasteiger partial charge in [0.1, 0.15) is 17.4 Å². The molecule has 0 bridgehead atoms. The van der Waals surface area contributed by atoms with Crippen molar-refractivity contribution in [2.24, 2.45) is 0 Å². The van der Waals surface area contributed by atoms with Crippen molar-refractivity contribution in [3.8, 4) is 16.3 Å². The van der Waals surface area contributed by atoms with E-state index in [9.17, 15) is 9.59 Å². The molecule has 3 heterocycles. The van der Waals surface area contributed by atoms with Crippen LogP contribution in [0.15, 0.2) is 82.7 Å². The van der Waals surface area contributed by atoms with Gasteiger partial charge in [-0.05, 0) is 74.0 Å². The van der Waals surface area contributed by atoms with Crippen LogP contribution in [0.25, 0.3) is 10.6 Å². The lowest BCUT2D eigenvalue weighted by atomic mass is 10.1. The minimum absolute atomic E-state index is 0.174. The maximum absolute atomic E-state index is 12.9. The van der Waals surface area contributed by atoms with Gasteiger partial charge in [0.15, 0.2) is 0 Å². The molecule has 9 heteroatoms. The first kappa shape index (κ1) is 24.7. The normalized spacial score (nSPS) is 16.2. The van der Waals surface area contributed by atoms with Gasteiger partial charge < -0.3 is 20.7 Å². The fourth-order valence-electron chi connectivity index (χ4n) is 4.49. The van der Waals surface area contributed by atoms with Crippen molar-refractivity contribution < 1.29 is 14.3 Å². The minimum atomic E-state index is -0.206. The molecule has 1 atom stereocenters. The summed E-state index contributed by atoms with van der Waals surface area (Å²) >= 11 is 3.06. The van der Waals surface area contributed by atoms with E-state index in [-0.39, 0.29) is 11.8 Å². The van der Waals surface area contributed by atoms with Crippen molar-refractivity contribution in [3.05, 3.63) is 88.9 Å². The molecular formula is C29H26N4O3S2. The summed E-state index contributed by atoms with van der Waals surface area (Å²) in [6.07, 6.45) is 4.16. The van der Waals surface area contributed by atoms with Crippen LogP contribution in [0, 0.1) is 0 Å². The predicted octanol–water partition coefficient (Wildman–Crippen LogP) is 5.59. The molecule has 1 aromatic heterocycles. The van der Waals surface area contributed by atoms with Gasteiger partial charge in [0, 0.05) is 38.0 Å². The van der Waals surface area contributed by atoms with Gasteiger partial charge in [-0.3, -0.25) is 9.59 Å².